The smallest absolute Gasteiger partial charge is 0.334 e. The van der Waals surface area contributed by atoms with Crippen molar-refractivity contribution in [3.63, 3.8) is 0 Å². The van der Waals surface area contributed by atoms with Gasteiger partial charge in [0.15, 0.2) is 6.10 Å². The van der Waals surface area contributed by atoms with Crippen molar-refractivity contribution in [2.75, 3.05) is 0 Å². The van der Waals surface area contributed by atoms with Gasteiger partial charge < -0.3 is 15.5 Å². The number of hydrogen-bond acceptors (Lipinski definition) is 3. The van der Waals surface area contributed by atoms with Crippen LogP contribution in [-0.4, -0.2) is 34.2 Å². The van der Waals surface area contributed by atoms with Crippen molar-refractivity contribution < 1.29 is 19.8 Å². The molecule has 0 saturated heterocycles. The molecule has 5 heteroatoms. The number of hydrogen-bond donors (Lipinski definition) is 3. The zero-order valence-corrected chi connectivity index (χ0v) is 11.8. The van der Waals surface area contributed by atoms with Crippen LogP contribution in [0.1, 0.15) is 15.9 Å². The molecule has 2 aromatic carbocycles. The first-order valence-corrected chi connectivity index (χ1v) is 6.88. The number of carboxylic acid groups (broad SMARTS) is 1. The van der Waals surface area contributed by atoms with E-state index in [-0.39, 0.29) is 6.42 Å². The number of benzene rings is 2. The van der Waals surface area contributed by atoms with Crippen molar-refractivity contribution in [1.29, 1.82) is 0 Å². The zero-order valence-electron chi connectivity index (χ0n) is 11.8. The van der Waals surface area contributed by atoms with Crippen molar-refractivity contribution in [3.05, 3.63) is 71.8 Å². The zero-order chi connectivity index (χ0) is 15.9. The number of amides is 1. The van der Waals surface area contributed by atoms with E-state index < -0.39 is 24.0 Å². The van der Waals surface area contributed by atoms with E-state index in [1.54, 1.807) is 30.3 Å². The quantitative estimate of drug-likeness (QED) is 0.754. The Balaban J connectivity index is 2.14. The lowest BCUT2D eigenvalue weighted by molar-refractivity contribution is -0.148. The number of rotatable bonds is 6. The Bertz CT molecular complexity index is 628. The highest BCUT2D eigenvalue weighted by Gasteiger charge is 2.27. The summed E-state index contributed by atoms with van der Waals surface area (Å²) in [7, 11) is 0. The average Bonchev–Trinajstić information content (AvgIpc) is 2.55. The van der Waals surface area contributed by atoms with Gasteiger partial charge >= 0.3 is 5.97 Å². The Morgan fingerprint density at radius 1 is 0.955 bits per heavy atom. The first-order valence-electron chi connectivity index (χ1n) is 6.88. The lowest BCUT2D eigenvalue weighted by Gasteiger charge is -2.21. The Kier molecular flexibility index (Phi) is 5.27. The molecule has 0 aliphatic carbocycles. The first kappa shape index (κ1) is 15.7. The molecule has 114 valence electrons. The molecule has 0 aliphatic rings. The van der Waals surface area contributed by atoms with Crippen molar-refractivity contribution in [3.8, 4) is 0 Å². The fourth-order valence-corrected chi connectivity index (χ4v) is 2.12. The number of carbonyl (C=O) groups excluding carboxylic acids is 1. The van der Waals surface area contributed by atoms with E-state index in [2.05, 4.69) is 5.32 Å². The second-order valence-electron chi connectivity index (χ2n) is 4.92. The lowest BCUT2D eigenvalue weighted by atomic mass is 10.0. The van der Waals surface area contributed by atoms with Gasteiger partial charge in [-0.25, -0.2) is 4.79 Å². The Morgan fingerprint density at radius 3 is 2.05 bits per heavy atom. The van der Waals surface area contributed by atoms with Gasteiger partial charge in [-0.15, -0.1) is 0 Å². The molecule has 0 radical (unpaired) electrons. The van der Waals surface area contributed by atoms with Crippen LogP contribution in [0.4, 0.5) is 0 Å². The Morgan fingerprint density at radius 2 is 1.50 bits per heavy atom. The number of aliphatic hydroxyl groups excluding tert-OH is 1. The molecule has 22 heavy (non-hydrogen) atoms. The van der Waals surface area contributed by atoms with E-state index >= 15 is 0 Å². The van der Waals surface area contributed by atoms with Crippen molar-refractivity contribution in [2.24, 2.45) is 0 Å². The largest absolute Gasteiger partial charge is 0.479 e. The summed E-state index contributed by atoms with van der Waals surface area (Å²) in [6, 6.07) is 16.7. The van der Waals surface area contributed by atoms with E-state index in [1.807, 2.05) is 30.3 Å². The van der Waals surface area contributed by atoms with Gasteiger partial charge in [-0.2, -0.15) is 0 Å². The van der Waals surface area contributed by atoms with Gasteiger partial charge in [-0.1, -0.05) is 48.5 Å². The molecule has 2 aromatic rings. The summed E-state index contributed by atoms with van der Waals surface area (Å²) >= 11 is 0. The van der Waals surface area contributed by atoms with Crippen LogP contribution in [0.15, 0.2) is 60.7 Å². The van der Waals surface area contributed by atoms with Crippen LogP contribution < -0.4 is 5.32 Å². The minimum atomic E-state index is -1.67. The van der Waals surface area contributed by atoms with Gasteiger partial charge in [-0.3, -0.25) is 4.79 Å². The summed E-state index contributed by atoms with van der Waals surface area (Å²) in [4.78, 5) is 23.2. The Hall–Kier alpha value is -2.66. The summed E-state index contributed by atoms with van der Waals surface area (Å²) < 4.78 is 0. The highest BCUT2D eigenvalue weighted by molar-refractivity contribution is 5.94. The number of nitrogens with one attached hydrogen (secondary N) is 1. The predicted molar refractivity (Wildman–Crippen MR) is 81.5 cm³/mol. The maximum Gasteiger partial charge on any atom is 0.334 e. The fourth-order valence-electron chi connectivity index (χ4n) is 2.12. The van der Waals surface area contributed by atoms with Crippen LogP contribution in [0.2, 0.25) is 0 Å². The molecule has 0 heterocycles. The van der Waals surface area contributed by atoms with Crippen LogP contribution in [-0.2, 0) is 11.2 Å². The molecular weight excluding hydrogens is 282 g/mol. The third kappa shape index (κ3) is 4.17. The molecule has 0 aliphatic heterocycles. The number of carboxylic acids is 1. The average molecular weight is 299 g/mol. The molecule has 2 rings (SSSR count). The van der Waals surface area contributed by atoms with Crippen LogP contribution in [0, 0.1) is 0 Å². The molecule has 0 saturated carbocycles. The summed E-state index contributed by atoms with van der Waals surface area (Å²) in [5.41, 5.74) is 1.25. The van der Waals surface area contributed by atoms with Crippen molar-refractivity contribution in [1.82, 2.24) is 5.32 Å². The number of carbonyl (C=O) groups is 2. The van der Waals surface area contributed by atoms with Crippen molar-refractivity contribution >= 4 is 11.9 Å². The summed E-state index contributed by atoms with van der Waals surface area (Å²) in [5, 5.41) is 21.4. The summed E-state index contributed by atoms with van der Waals surface area (Å²) in [6.45, 7) is 0. The highest BCUT2D eigenvalue weighted by Crippen LogP contribution is 2.08. The van der Waals surface area contributed by atoms with Gasteiger partial charge in [0, 0.05) is 5.56 Å². The molecule has 2 atom stereocenters. The van der Waals surface area contributed by atoms with E-state index in [1.165, 1.54) is 0 Å². The maximum atomic E-state index is 12.2. The number of aliphatic carboxylic acids is 1. The van der Waals surface area contributed by atoms with E-state index in [4.69, 9.17) is 5.11 Å². The standard InChI is InChI=1S/C17H17NO4/c19-15(17(21)22)14(11-12-7-3-1-4-8-12)18-16(20)13-9-5-2-6-10-13/h1-10,14-15,19H,11H2,(H,18,20)(H,21,22). The summed E-state index contributed by atoms with van der Waals surface area (Å²) in [5.74, 6) is -1.78. The molecule has 0 spiro atoms. The molecule has 2 unspecified atom stereocenters. The minimum absolute atomic E-state index is 0.229. The second kappa shape index (κ2) is 7.38. The maximum absolute atomic E-state index is 12.2. The highest BCUT2D eigenvalue weighted by atomic mass is 16.4. The third-order valence-electron chi connectivity index (χ3n) is 3.29. The topological polar surface area (TPSA) is 86.6 Å². The molecule has 0 aromatic heterocycles. The molecule has 3 N–H and O–H groups in total. The molecule has 5 nitrogen and oxygen atoms in total. The SMILES string of the molecule is O=C(NC(Cc1ccccc1)C(O)C(=O)O)c1ccccc1. The summed E-state index contributed by atoms with van der Waals surface area (Å²) in [6.07, 6.45) is -1.44. The second-order valence-corrected chi connectivity index (χ2v) is 4.92. The van der Waals surface area contributed by atoms with E-state index in [0.717, 1.165) is 5.56 Å². The monoisotopic (exact) mass is 299 g/mol. The first-order chi connectivity index (χ1) is 10.6. The van der Waals surface area contributed by atoms with Gasteiger partial charge in [0.05, 0.1) is 6.04 Å². The van der Waals surface area contributed by atoms with Crippen molar-refractivity contribution in [2.45, 2.75) is 18.6 Å². The van der Waals surface area contributed by atoms with Gasteiger partial charge in [0.1, 0.15) is 0 Å². The molecule has 0 fully saturated rings. The van der Waals surface area contributed by atoms with E-state index in [9.17, 15) is 14.7 Å². The van der Waals surface area contributed by atoms with Crippen LogP contribution in [0.3, 0.4) is 0 Å². The fraction of sp³-hybridized carbons (Fsp3) is 0.176. The normalized spacial score (nSPS) is 13.1. The van der Waals surface area contributed by atoms with Crippen LogP contribution >= 0.6 is 0 Å². The van der Waals surface area contributed by atoms with Gasteiger partial charge in [0.2, 0.25) is 0 Å². The van der Waals surface area contributed by atoms with Crippen LogP contribution in [0.5, 0.6) is 0 Å². The Labute approximate surface area is 128 Å². The molecular formula is C17H17NO4. The van der Waals surface area contributed by atoms with E-state index in [0.29, 0.717) is 5.56 Å². The third-order valence-corrected chi connectivity index (χ3v) is 3.29. The molecule has 0 bridgehead atoms. The number of aliphatic hydroxyl groups is 1. The molecule has 1 amide bonds. The van der Waals surface area contributed by atoms with Crippen LogP contribution in [0.25, 0.3) is 0 Å². The lowest BCUT2D eigenvalue weighted by Crippen LogP contribution is -2.48. The van der Waals surface area contributed by atoms with Gasteiger partial charge in [0.25, 0.3) is 5.91 Å². The predicted octanol–water partition coefficient (Wildman–Crippen LogP) is 1.47. The van der Waals surface area contributed by atoms with Gasteiger partial charge in [-0.05, 0) is 24.1 Å². The minimum Gasteiger partial charge on any atom is -0.479 e.